The van der Waals surface area contributed by atoms with Gasteiger partial charge in [-0.1, -0.05) is 0 Å². The Morgan fingerprint density at radius 3 is 2.47 bits per heavy atom. The van der Waals surface area contributed by atoms with Crippen LogP contribution in [0.25, 0.3) is 0 Å². The minimum Gasteiger partial charge on any atom is -0.382 e. The van der Waals surface area contributed by atoms with Gasteiger partial charge in [0.25, 0.3) is 0 Å². The summed E-state index contributed by atoms with van der Waals surface area (Å²) in [5.41, 5.74) is 0. The van der Waals surface area contributed by atoms with Crippen LogP contribution in [0.4, 0.5) is 0 Å². The molecule has 3 atom stereocenters. The van der Waals surface area contributed by atoms with Gasteiger partial charge in [0, 0.05) is 32.8 Å². The molecule has 0 saturated carbocycles. The molecule has 0 aromatic heterocycles. The standard InChI is InChI=1S/C11H21NO3/c1-13-8-11(14-2)5-12-9-3-4-10(12)7-15-6-9/h9-11H,3-8H2,1-2H3/t9?,10?,11-/m1/s1. The molecule has 15 heavy (non-hydrogen) atoms. The molecule has 0 amide bonds. The fourth-order valence-electron chi connectivity index (χ4n) is 2.63. The fourth-order valence-corrected chi connectivity index (χ4v) is 2.63. The van der Waals surface area contributed by atoms with Crippen molar-refractivity contribution in [3.63, 3.8) is 0 Å². The van der Waals surface area contributed by atoms with Crippen molar-refractivity contribution < 1.29 is 14.2 Å². The lowest BCUT2D eigenvalue weighted by Crippen LogP contribution is -2.49. The summed E-state index contributed by atoms with van der Waals surface area (Å²) in [7, 11) is 3.48. The third kappa shape index (κ3) is 2.50. The number of ether oxygens (including phenoxy) is 3. The van der Waals surface area contributed by atoms with Crippen molar-refractivity contribution in [3.8, 4) is 0 Å². The van der Waals surface area contributed by atoms with Gasteiger partial charge < -0.3 is 14.2 Å². The van der Waals surface area contributed by atoms with Crippen LogP contribution in [0.15, 0.2) is 0 Å². The first-order valence-corrected chi connectivity index (χ1v) is 5.70. The molecule has 0 aromatic rings. The van der Waals surface area contributed by atoms with Crippen LogP contribution >= 0.6 is 0 Å². The molecule has 0 aromatic carbocycles. The van der Waals surface area contributed by atoms with E-state index in [1.54, 1.807) is 14.2 Å². The monoisotopic (exact) mass is 215 g/mol. The van der Waals surface area contributed by atoms with Crippen LogP contribution < -0.4 is 0 Å². The molecule has 2 fully saturated rings. The summed E-state index contributed by atoms with van der Waals surface area (Å²) in [5, 5.41) is 0. The second kappa shape index (κ2) is 5.25. The van der Waals surface area contributed by atoms with Gasteiger partial charge in [-0.05, 0) is 12.8 Å². The molecule has 88 valence electrons. The van der Waals surface area contributed by atoms with E-state index in [1.807, 2.05) is 0 Å². The number of methoxy groups -OCH3 is 2. The number of hydrogen-bond donors (Lipinski definition) is 0. The molecule has 2 saturated heterocycles. The van der Waals surface area contributed by atoms with Gasteiger partial charge in [0.05, 0.1) is 25.9 Å². The summed E-state index contributed by atoms with van der Waals surface area (Å²) in [6.07, 6.45) is 2.73. The Labute approximate surface area is 91.5 Å². The normalized spacial score (nSPS) is 33.2. The Kier molecular flexibility index (Phi) is 3.97. The lowest BCUT2D eigenvalue weighted by molar-refractivity contribution is -0.0540. The topological polar surface area (TPSA) is 30.9 Å². The van der Waals surface area contributed by atoms with E-state index in [0.29, 0.717) is 18.7 Å². The third-order valence-electron chi connectivity index (χ3n) is 3.49. The lowest BCUT2D eigenvalue weighted by atomic mass is 10.2. The summed E-state index contributed by atoms with van der Waals surface area (Å²) < 4.78 is 16.1. The molecule has 2 bridgehead atoms. The van der Waals surface area contributed by atoms with Crippen molar-refractivity contribution >= 4 is 0 Å². The molecule has 0 N–H and O–H groups in total. The first kappa shape index (κ1) is 11.3. The molecule has 0 aliphatic carbocycles. The highest BCUT2D eigenvalue weighted by atomic mass is 16.5. The number of fused-ring (bicyclic) bond motifs is 2. The minimum atomic E-state index is 0.191. The molecule has 0 radical (unpaired) electrons. The Bertz CT molecular complexity index is 184. The van der Waals surface area contributed by atoms with Gasteiger partial charge in [-0.25, -0.2) is 0 Å². The van der Waals surface area contributed by atoms with Gasteiger partial charge in [0.1, 0.15) is 0 Å². The predicted octanol–water partition coefficient (Wildman–Crippen LogP) is 0.511. The predicted molar refractivity (Wildman–Crippen MR) is 57.0 cm³/mol. The molecular formula is C11H21NO3. The highest BCUT2D eigenvalue weighted by molar-refractivity contribution is 4.91. The first-order valence-electron chi connectivity index (χ1n) is 5.70. The summed E-state index contributed by atoms with van der Waals surface area (Å²) in [4.78, 5) is 2.54. The summed E-state index contributed by atoms with van der Waals surface area (Å²) >= 11 is 0. The second-order valence-electron chi connectivity index (χ2n) is 4.43. The van der Waals surface area contributed by atoms with Crippen molar-refractivity contribution in [3.05, 3.63) is 0 Å². The van der Waals surface area contributed by atoms with Crippen LogP contribution in [0.3, 0.4) is 0 Å². The van der Waals surface area contributed by atoms with Gasteiger partial charge in [-0.3, -0.25) is 4.90 Å². The van der Waals surface area contributed by atoms with E-state index in [9.17, 15) is 0 Å². The van der Waals surface area contributed by atoms with Crippen molar-refractivity contribution in [2.45, 2.75) is 31.0 Å². The quantitative estimate of drug-likeness (QED) is 0.668. The largest absolute Gasteiger partial charge is 0.382 e. The molecule has 4 nitrogen and oxygen atoms in total. The highest BCUT2D eigenvalue weighted by Gasteiger charge is 2.38. The smallest absolute Gasteiger partial charge is 0.0931 e. The van der Waals surface area contributed by atoms with E-state index in [0.717, 1.165) is 19.8 Å². The fraction of sp³-hybridized carbons (Fsp3) is 1.00. The van der Waals surface area contributed by atoms with Crippen molar-refractivity contribution in [1.29, 1.82) is 0 Å². The molecule has 2 heterocycles. The molecule has 2 rings (SSSR count). The van der Waals surface area contributed by atoms with Crippen LogP contribution in [-0.2, 0) is 14.2 Å². The van der Waals surface area contributed by atoms with Gasteiger partial charge in [0.2, 0.25) is 0 Å². The Morgan fingerprint density at radius 1 is 1.27 bits per heavy atom. The maximum Gasteiger partial charge on any atom is 0.0931 e. The van der Waals surface area contributed by atoms with E-state index in [1.165, 1.54) is 12.8 Å². The molecule has 4 heteroatoms. The number of hydrogen-bond acceptors (Lipinski definition) is 4. The van der Waals surface area contributed by atoms with E-state index in [-0.39, 0.29) is 6.10 Å². The molecular weight excluding hydrogens is 194 g/mol. The summed E-state index contributed by atoms with van der Waals surface area (Å²) in [6, 6.07) is 1.22. The minimum absolute atomic E-state index is 0.191. The Morgan fingerprint density at radius 2 is 1.93 bits per heavy atom. The zero-order valence-electron chi connectivity index (χ0n) is 9.65. The third-order valence-corrected chi connectivity index (χ3v) is 3.49. The van der Waals surface area contributed by atoms with Gasteiger partial charge in [-0.15, -0.1) is 0 Å². The Balaban J connectivity index is 1.87. The van der Waals surface area contributed by atoms with Crippen LogP contribution in [0.2, 0.25) is 0 Å². The van der Waals surface area contributed by atoms with Crippen LogP contribution in [-0.4, -0.2) is 63.7 Å². The van der Waals surface area contributed by atoms with Crippen molar-refractivity contribution in [2.24, 2.45) is 0 Å². The molecule has 2 aliphatic rings. The summed E-state index contributed by atoms with van der Waals surface area (Å²) in [6.45, 7) is 3.43. The molecule has 2 unspecified atom stereocenters. The second-order valence-corrected chi connectivity index (χ2v) is 4.43. The average Bonchev–Trinajstić information content (AvgIpc) is 2.51. The zero-order chi connectivity index (χ0) is 10.7. The average molecular weight is 215 g/mol. The Hall–Kier alpha value is -0.160. The van der Waals surface area contributed by atoms with Crippen LogP contribution in [0.1, 0.15) is 12.8 Å². The SMILES string of the molecule is COC[C@@H](CN1C2CCC1COC2)OC. The molecule has 2 aliphatic heterocycles. The van der Waals surface area contributed by atoms with Gasteiger partial charge in [-0.2, -0.15) is 0 Å². The zero-order valence-corrected chi connectivity index (χ0v) is 9.65. The van der Waals surface area contributed by atoms with E-state index < -0.39 is 0 Å². The van der Waals surface area contributed by atoms with Gasteiger partial charge >= 0.3 is 0 Å². The van der Waals surface area contributed by atoms with Crippen LogP contribution in [0, 0.1) is 0 Å². The number of rotatable bonds is 5. The van der Waals surface area contributed by atoms with E-state index in [2.05, 4.69) is 4.90 Å². The lowest BCUT2D eigenvalue weighted by Gasteiger charge is -2.36. The summed E-state index contributed by atoms with van der Waals surface area (Å²) in [5.74, 6) is 0. The number of morpholine rings is 1. The molecule has 0 spiro atoms. The maximum absolute atomic E-state index is 5.55. The highest BCUT2D eigenvalue weighted by Crippen LogP contribution is 2.28. The number of nitrogens with zero attached hydrogens (tertiary/aromatic N) is 1. The van der Waals surface area contributed by atoms with Crippen molar-refractivity contribution in [1.82, 2.24) is 4.90 Å². The van der Waals surface area contributed by atoms with Gasteiger partial charge in [0.15, 0.2) is 0 Å². The maximum atomic E-state index is 5.55. The van der Waals surface area contributed by atoms with E-state index >= 15 is 0 Å². The van der Waals surface area contributed by atoms with Crippen molar-refractivity contribution in [2.75, 3.05) is 40.6 Å². The van der Waals surface area contributed by atoms with Crippen LogP contribution in [0.5, 0.6) is 0 Å². The van der Waals surface area contributed by atoms with E-state index in [4.69, 9.17) is 14.2 Å². The first-order chi connectivity index (χ1) is 7.35.